The van der Waals surface area contributed by atoms with Gasteiger partial charge in [-0.1, -0.05) is 40.5 Å². The molecule has 3 unspecified atom stereocenters. The fraction of sp³-hybridized carbons (Fsp3) is 0.960. The van der Waals surface area contributed by atoms with Crippen molar-refractivity contribution < 1.29 is 24.0 Å². The minimum atomic E-state index is -0.408. The first-order valence-electron chi connectivity index (χ1n) is 13.4. The lowest BCUT2D eigenvalue weighted by molar-refractivity contribution is -0.325. The van der Waals surface area contributed by atoms with Crippen molar-refractivity contribution in [3.8, 4) is 0 Å². The van der Waals surface area contributed by atoms with Gasteiger partial charge in [0.25, 0.3) is 0 Å². The zero-order valence-corrected chi connectivity index (χ0v) is 22.0. The van der Waals surface area contributed by atoms with Gasteiger partial charge in [-0.3, -0.25) is 9.80 Å². The van der Waals surface area contributed by atoms with Gasteiger partial charge in [0.15, 0.2) is 0 Å². The summed E-state index contributed by atoms with van der Waals surface area (Å²) in [7, 11) is 0. The largest absolute Gasteiger partial charge is 0.448 e. The lowest BCUT2D eigenvalue weighted by atomic mass is 10.0. The number of unbranched alkanes of at least 4 members (excludes halogenated alkanes) is 3. The highest BCUT2D eigenvalue weighted by atomic mass is 17.2. The maximum absolute atomic E-state index is 11.9. The Morgan fingerprint density at radius 1 is 1.03 bits per heavy atom. The zero-order valence-electron chi connectivity index (χ0n) is 22.0. The monoisotopic (exact) mass is 486 g/mol. The van der Waals surface area contributed by atoms with Gasteiger partial charge in [0, 0.05) is 32.2 Å². The molecule has 2 rings (SSSR count). The van der Waals surface area contributed by atoms with Crippen molar-refractivity contribution in [2.24, 2.45) is 17.6 Å². The normalized spacial score (nSPS) is 22.7. The first-order chi connectivity index (χ1) is 16.4. The SMILES string of the molecule is CC(C)C1CCCN1CCOC(=O)NCCCCCCC(N)OOCCN1CCOC1C(C)C. The van der Waals surface area contributed by atoms with Crippen molar-refractivity contribution in [1.82, 2.24) is 15.1 Å². The van der Waals surface area contributed by atoms with Gasteiger partial charge in [0.1, 0.15) is 19.1 Å². The van der Waals surface area contributed by atoms with E-state index in [0.29, 0.717) is 37.6 Å². The van der Waals surface area contributed by atoms with E-state index in [1.54, 1.807) is 0 Å². The summed E-state index contributed by atoms with van der Waals surface area (Å²) in [6.45, 7) is 14.9. The average Bonchev–Trinajstić information content (AvgIpc) is 3.45. The minimum absolute atomic E-state index is 0.168. The Balaban J connectivity index is 1.37. The second-order valence-electron chi connectivity index (χ2n) is 10.3. The van der Waals surface area contributed by atoms with Gasteiger partial charge >= 0.3 is 6.09 Å². The molecule has 1 amide bonds. The van der Waals surface area contributed by atoms with Crippen LogP contribution in [0.3, 0.4) is 0 Å². The lowest BCUT2D eigenvalue weighted by Crippen LogP contribution is -2.37. The van der Waals surface area contributed by atoms with E-state index in [1.165, 1.54) is 12.8 Å². The third-order valence-electron chi connectivity index (χ3n) is 6.73. The van der Waals surface area contributed by atoms with Crippen molar-refractivity contribution in [1.29, 1.82) is 0 Å². The summed E-state index contributed by atoms with van der Waals surface area (Å²) in [4.78, 5) is 27.2. The van der Waals surface area contributed by atoms with E-state index >= 15 is 0 Å². The van der Waals surface area contributed by atoms with Crippen molar-refractivity contribution >= 4 is 6.09 Å². The Morgan fingerprint density at radius 3 is 2.56 bits per heavy atom. The predicted octanol–water partition coefficient (Wildman–Crippen LogP) is 3.33. The minimum Gasteiger partial charge on any atom is -0.448 e. The summed E-state index contributed by atoms with van der Waals surface area (Å²) in [5, 5.41) is 2.85. The van der Waals surface area contributed by atoms with Crippen LogP contribution >= 0.6 is 0 Å². The molecule has 200 valence electrons. The molecule has 0 spiro atoms. The molecule has 9 heteroatoms. The third kappa shape index (κ3) is 11.2. The molecule has 3 N–H and O–H groups in total. The van der Waals surface area contributed by atoms with Crippen molar-refractivity contribution in [3.63, 3.8) is 0 Å². The maximum Gasteiger partial charge on any atom is 0.407 e. The number of likely N-dealkylation sites (tertiary alicyclic amines) is 1. The molecule has 0 aromatic carbocycles. The molecule has 2 aliphatic heterocycles. The Bertz CT molecular complexity index is 551. The van der Waals surface area contributed by atoms with Crippen LogP contribution in [0.4, 0.5) is 4.79 Å². The molecule has 3 atom stereocenters. The molecule has 0 bridgehead atoms. The average molecular weight is 487 g/mol. The van der Waals surface area contributed by atoms with E-state index in [1.807, 2.05) is 0 Å². The molecule has 0 saturated carbocycles. The van der Waals surface area contributed by atoms with E-state index in [-0.39, 0.29) is 12.3 Å². The van der Waals surface area contributed by atoms with Crippen LogP contribution in [0.25, 0.3) is 0 Å². The van der Waals surface area contributed by atoms with Gasteiger partial charge in [-0.2, -0.15) is 0 Å². The molecular formula is C25H50N4O5. The van der Waals surface area contributed by atoms with Crippen LogP contribution in [-0.2, 0) is 19.2 Å². The predicted molar refractivity (Wildman–Crippen MR) is 133 cm³/mol. The molecule has 2 fully saturated rings. The van der Waals surface area contributed by atoms with Gasteiger partial charge in [-0.25, -0.2) is 14.6 Å². The zero-order chi connectivity index (χ0) is 24.8. The highest BCUT2D eigenvalue weighted by molar-refractivity contribution is 5.66. The second-order valence-corrected chi connectivity index (χ2v) is 10.3. The van der Waals surface area contributed by atoms with Gasteiger partial charge in [0.05, 0.1) is 13.2 Å². The molecule has 34 heavy (non-hydrogen) atoms. The van der Waals surface area contributed by atoms with E-state index < -0.39 is 6.23 Å². The number of hydrogen-bond acceptors (Lipinski definition) is 8. The number of carbonyl (C=O) groups is 1. The second kappa shape index (κ2) is 16.7. The first-order valence-corrected chi connectivity index (χ1v) is 13.4. The summed E-state index contributed by atoms with van der Waals surface area (Å²) < 4.78 is 11.1. The van der Waals surface area contributed by atoms with E-state index in [2.05, 4.69) is 42.8 Å². The van der Waals surface area contributed by atoms with Gasteiger partial charge in [0.2, 0.25) is 0 Å². The summed E-state index contributed by atoms with van der Waals surface area (Å²) in [5.41, 5.74) is 5.98. The standard InChI is InChI=1S/C25H50N4O5/c1-20(2)22-10-9-13-28(22)14-18-32-25(30)27-12-8-6-5-7-11-23(26)34-33-19-16-29-15-17-31-24(29)21(3)4/h20-24H,5-19,26H2,1-4H3,(H,27,30). The van der Waals surface area contributed by atoms with Crippen LogP contribution in [0.15, 0.2) is 0 Å². The van der Waals surface area contributed by atoms with E-state index in [0.717, 1.165) is 64.9 Å². The highest BCUT2D eigenvalue weighted by Gasteiger charge is 2.28. The number of ether oxygens (including phenoxy) is 2. The molecule has 0 aromatic heterocycles. The quantitative estimate of drug-likeness (QED) is 0.140. The molecule has 0 aromatic rings. The molecular weight excluding hydrogens is 436 g/mol. The van der Waals surface area contributed by atoms with Crippen LogP contribution in [0, 0.1) is 11.8 Å². The number of carbonyl (C=O) groups excluding carboxylic acids is 1. The maximum atomic E-state index is 11.9. The van der Waals surface area contributed by atoms with Crippen molar-refractivity contribution in [2.75, 3.05) is 52.5 Å². The van der Waals surface area contributed by atoms with Gasteiger partial charge < -0.3 is 20.5 Å². The Hall–Kier alpha value is -0.970. The fourth-order valence-corrected chi connectivity index (χ4v) is 4.92. The molecule has 2 heterocycles. The number of alkyl carbamates (subject to hydrolysis) is 1. The number of nitrogens with two attached hydrogens (primary N) is 1. The number of amides is 1. The molecule has 9 nitrogen and oxygen atoms in total. The highest BCUT2D eigenvalue weighted by Crippen LogP contribution is 2.23. The molecule has 2 saturated heterocycles. The smallest absolute Gasteiger partial charge is 0.407 e. The Labute approximate surface area is 206 Å². The lowest BCUT2D eigenvalue weighted by Gasteiger charge is -2.27. The number of nitrogens with zero attached hydrogens (tertiary/aromatic N) is 2. The van der Waals surface area contributed by atoms with Crippen LogP contribution in [-0.4, -0.2) is 86.9 Å². The number of nitrogens with one attached hydrogen (secondary N) is 1. The number of hydrogen-bond donors (Lipinski definition) is 2. The summed E-state index contributed by atoms with van der Waals surface area (Å²) >= 11 is 0. The van der Waals surface area contributed by atoms with Crippen molar-refractivity contribution in [3.05, 3.63) is 0 Å². The van der Waals surface area contributed by atoms with Crippen LogP contribution in [0.1, 0.15) is 72.6 Å². The molecule has 0 radical (unpaired) electrons. The van der Waals surface area contributed by atoms with E-state index in [9.17, 15) is 4.79 Å². The Kier molecular flexibility index (Phi) is 14.3. The Morgan fingerprint density at radius 2 is 1.79 bits per heavy atom. The van der Waals surface area contributed by atoms with Crippen molar-refractivity contribution in [2.45, 2.75) is 91.1 Å². The summed E-state index contributed by atoms with van der Waals surface area (Å²) in [6, 6.07) is 0.624. The van der Waals surface area contributed by atoms with Crippen LogP contribution < -0.4 is 11.1 Å². The summed E-state index contributed by atoms with van der Waals surface area (Å²) in [6.07, 6.45) is 6.67. The number of rotatable bonds is 17. The van der Waals surface area contributed by atoms with Crippen LogP contribution in [0.5, 0.6) is 0 Å². The third-order valence-corrected chi connectivity index (χ3v) is 6.73. The van der Waals surface area contributed by atoms with Crippen LogP contribution in [0.2, 0.25) is 0 Å². The van der Waals surface area contributed by atoms with E-state index in [4.69, 9.17) is 25.0 Å². The van der Waals surface area contributed by atoms with Gasteiger partial charge in [-0.15, -0.1) is 0 Å². The molecule has 2 aliphatic rings. The first kappa shape index (κ1) is 29.3. The van der Waals surface area contributed by atoms with Gasteiger partial charge in [-0.05, 0) is 50.5 Å². The summed E-state index contributed by atoms with van der Waals surface area (Å²) in [5.74, 6) is 1.11. The molecule has 0 aliphatic carbocycles. The fourth-order valence-electron chi connectivity index (χ4n) is 4.92. The topological polar surface area (TPSA) is 98.5 Å².